The van der Waals surface area contributed by atoms with Crippen LogP contribution in [0.1, 0.15) is 25.3 Å². The number of amides is 3. The lowest BCUT2D eigenvalue weighted by molar-refractivity contribution is -0.141. The van der Waals surface area contributed by atoms with Crippen LogP contribution in [0.3, 0.4) is 0 Å². The van der Waals surface area contributed by atoms with Crippen molar-refractivity contribution in [3.8, 4) is 5.75 Å². The number of carbonyl (C=O) groups is 3. The average molecular weight is 700 g/mol. The average Bonchev–Trinajstić information content (AvgIpc) is 3.77. The van der Waals surface area contributed by atoms with Gasteiger partial charge in [-0.3, -0.25) is 14.4 Å². The summed E-state index contributed by atoms with van der Waals surface area (Å²) in [4.78, 5) is 49.7. The van der Waals surface area contributed by atoms with Crippen molar-refractivity contribution in [1.29, 1.82) is 0 Å². The Morgan fingerprint density at radius 2 is 1.61 bits per heavy atom. The molecule has 3 saturated heterocycles. The molecule has 1 spiro atoms. The number of thioether (sulfide) groups is 1. The van der Waals surface area contributed by atoms with E-state index in [9.17, 15) is 14.7 Å². The lowest BCUT2D eigenvalue weighted by atomic mass is 9.70. The first-order valence-electron chi connectivity index (χ1n) is 16.8. The number of halogens is 1. The summed E-state index contributed by atoms with van der Waals surface area (Å²) in [5.74, 6) is -1.39. The zero-order chi connectivity index (χ0) is 34.7. The summed E-state index contributed by atoms with van der Waals surface area (Å²) in [5.41, 5.74) is 2.25. The number of rotatable bonds is 14. The molecule has 10 heteroatoms. The minimum atomic E-state index is -0.910. The van der Waals surface area contributed by atoms with Crippen LogP contribution >= 0.6 is 23.4 Å². The van der Waals surface area contributed by atoms with Crippen LogP contribution in [0.25, 0.3) is 0 Å². The van der Waals surface area contributed by atoms with Crippen LogP contribution in [-0.4, -0.2) is 76.1 Å². The van der Waals surface area contributed by atoms with Gasteiger partial charge in [0, 0.05) is 34.7 Å². The zero-order valence-electron chi connectivity index (χ0n) is 27.6. The number of fused-ring (bicyclic) bond motifs is 1. The van der Waals surface area contributed by atoms with Crippen molar-refractivity contribution in [2.45, 2.75) is 48.3 Å². The van der Waals surface area contributed by atoms with E-state index in [0.29, 0.717) is 48.0 Å². The molecule has 2 bridgehead atoms. The lowest BCUT2D eigenvalue weighted by Gasteiger charge is -2.39. The van der Waals surface area contributed by atoms with Gasteiger partial charge in [-0.15, -0.1) is 24.9 Å². The molecule has 3 heterocycles. The molecule has 3 fully saturated rings. The maximum Gasteiger partial charge on any atom is 0.251 e. The highest BCUT2D eigenvalue weighted by molar-refractivity contribution is 8.02. The van der Waals surface area contributed by atoms with Gasteiger partial charge in [-0.1, -0.05) is 54.1 Å². The molecule has 0 saturated carbocycles. The highest BCUT2D eigenvalue weighted by Gasteiger charge is 2.74. The summed E-state index contributed by atoms with van der Waals surface area (Å²) in [6.45, 7) is 10.4. The van der Waals surface area contributed by atoms with Gasteiger partial charge < -0.3 is 24.5 Å². The van der Waals surface area contributed by atoms with E-state index in [4.69, 9.17) is 16.3 Å². The largest absolute Gasteiger partial charge is 0.494 e. The van der Waals surface area contributed by atoms with Crippen LogP contribution in [0.15, 0.2) is 104 Å². The van der Waals surface area contributed by atoms with Crippen LogP contribution in [0.5, 0.6) is 5.75 Å². The van der Waals surface area contributed by atoms with Gasteiger partial charge in [-0.25, -0.2) is 0 Å². The Labute approximate surface area is 297 Å². The number of ether oxygens (including phenoxy) is 1. The lowest BCUT2D eigenvalue weighted by Crippen LogP contribution is -2.58. The first-order chi connectivity index (χ1) is 23.8. The summed E-state index contributed by atoms with van der Waals surface area (Å²) in [6, 6.07) is 22.4. The summed E-state index contributed by atoms with van der Waals surface area (Å²) in [7, 11) is 0. The van der Waals surface area contributed by atoms with Crippen LogP contribution in [-0.2, 0) is 20.8 Å². The highest BCUT2D eigenvalue weighted by atomic mass is 35.5. The van der Waals surface area contributed by atoms with Crippen LogP contribution in [0, 0.1) is 11.8 Å². The standard InChI is InChI=1S/C39H42ClN3O5S/c1-4-22-41(29-16-18-31(19-17-29)48-6-3)36(45)33-32-20-21-39(49-32)34(33)37(46)43(30(25-44)24-26-10-8-7-9-11-26)35(39)38(47)42(23-5-2)28-14-12-27(40)13-15-28/h4-5,7-19,30,32-35,44H,1-2,6,20-25H2,3H3/t30-,32+,33-,34+,35?,39?/m1/s1. The van der Waals surface area contributed by atoms with E-state index in [1.165, 1.54) is 0 Å². The molecule has 3 amide bonds. The molecular formula is C39H42ClN3O5S. The molecule has 6 rings (SSSR count). The van der Waals surface area contributed by atoms with Crippen molar-refractivity contribution in [3.05, 3.63) is 115 Å². The molecule has 0 aromatic heterocycles. The van der Waals surface area contributed by atoms with Crippen molar-refractivity contribution in [2.75, 3.05) is 36.1 Å². The molecule has 0 radical (unpaired) electrons. The summed E-state index contributed by atoms with van der Waals surface area (Å²) >= 11 is 7.81. The molecule has 256 valence electrons. The fourth-order valence-corrected chi connectivity index (χ4v) is 10.2. The van der Waals surface area contributed by atoms with Gasteiger partial charge >= 0.3 is 0 Å². The van der Waals surface area contributed by atoms with Crippen LogP contribution in [0.4, 0.5) is 11.4 Å². The predicted molar refractivity (Wildman–Crippen MR) is 196 cm³/mol. The fourth-order valence-electron chi connectivity index (χ4n) is 7.92. The van der Waals surface area contributed by atoms with Gasteiger partial charge in [-0.2, -0.15) is 0 Å². The van der Waals surface area contributed by atoms with E-state index in [0.717, 1.165) is 5.56 Å². The van der Waals surface area contributed by atoms with E-state index < -0.39 is 28.7 Å². The molecule has 3 aliphatic heterocycles. The van der Waals surface area contributed by atoms with E-state index in [1.54, 1.807) is 62.9 Å². The van der Waals surface area contributed by atoms with Crippen molar-refractivity contribution in [2.24, 2.45) is 11.8 Å². The Balaban J connectivity index is 1.42. The van der Waals surface area contributed by atoms with Crippen molar-refractivity contribution < 1.29 is 24.2 Å². The Bertz CT molecular complexity index is 1690. The maximum atomic E-state index is 15.0. The van der Waals surface area contributed by atoms with Crippen molar-refractivity contribution in [3.63, 3.8) is 0 Å². The minimum Gasteiger partial charge on any atom is -0.494 e. The van der Waals surface area contributed by atoms with E-state index >= 15 is 4.79 Å². The summed E-state index contributed by atoms with van der Waals surface area (Å²) < 4.78 is 4.77. The quantitative estimate of drug-likeness (QED) is 0.203. The number of hydrogen-bond donors (Lipinski definition) is 1. The maximum absolute atomic E-state index is 15.0. The number of anilines is 2. The normalized spacial score (nSPS) is 24.3. The Hall–Kier alpha value is -4.05. The smallest absolute Gasteiger partial charge is 0.251 e. The molecule has 3 aliphatic rings. The second kappa shape index (κ2) is 14.8. The summed E-state index contributed by atoms with van der Waals surface area (Å²) in [6.07, 6.45) is 5.00. The third-order valence-electron chi connectivity index (χ3n) is 9.93. The molecule has 8 nitrogen and oxygen atoms in total. The van der Waals surface area contributed by atoms with Gasteiger partial charge in [0.25, 0.3) is 5.91 Å². The first-order valence-corrected chi connectivity index (χ1v) is 18.0. The van der Waals surface area contributed by atoms with Gasteiger partial charge in [0.05, 0.1) is 35.8 Å². The Kier molecular flexibility index (Phi) is 10.5. The monoisotopic (exact) mass is 699 g/mol. The number of carbonyl (C=O) groups excluding carboxylic acids is 3. The van der Waals surface area contributed by atoms with Crippen LogP contribution in [0.2, 0.25) is 5.02 Å². The van der Waals surface area contributed by atoms with Gasteiger partial charge in [0.15, 0.2) is 0 Å². The number of aliphatic hydroxyl groups is 1. The Morgan fingerprint density at radius 1 is 1.00 bits per heavy atom. The van der Waals surface area contributed by atoms with Gasteiger partial charge in [-0.05, 0) is 80.3 Å². The van der Waals surface area contributed by atoms with Gasteiger partial charge in [0.1, 0.15) is 11.8 Å². The second-order valence-corrected chi connectivity index (χ2v) is 14.7. The van der Waals surface area contributed by atoms with Crippen molar-refractivity contribution >= 4 is 52.5 Å². The molecule has 3 aromatic rings. The van der Waals surface area contributed by atoms with Crippen LogP contribution < -0.4 is 14.5 Å². The fraction of sp³-hybridized carbons (Fsp3) is 0.359. The van der Waals surface area contributed by atoms with E-state index in [2.05, 4.69) is 13.2 Å². The van der Waals surface area contributed by atoms with E-state index in [-0.39, 0.29) is 42.7 Å². The molecule has 49 heavy (non-hydrogen) atoms. The molecule has 6 atom stereocenters. The van der Waals surface area contributed by atoms with Gasteiger partial charge in [0.2, 0.25) is 11.8 Å². The number of benzene rings is 3. The third kappa shape index (κ3) is 6.40. The molecule has 3 aromatic carbocycles. The predicted octanol–water partition coefficient (Wildman–Crippen LogP) is 6.17. The van der Waals surface area contributed by atoms with E-state index in [1.807, 2.05) is 61.5 Å². The topological polar surface area (TPSA) is 90.4 Å². The molecular weight excluding hydrogens is 658 g/mol. The SMILES string of the molecule is C=CCN(C(=O)C1N([C@@H](CO)Cc2ccccc2)C(=O)[C@@H]2[C@H](C(=O)N(CC=C)c3ccc(OCC)cc3)[C@@H]3CCC12S3)c1ccc(Cl)cc1. The second-order valence-electron chi connectivity index (χ2n) is 12.7. The molecule has 1 N–H and O–H groups in total. The first kappa shape index (κ1) is 34.8. The van der Waals surface area contributed by atoms with Crippen molar-refractivity contribution in [1.82, 2.24) is 4.90 Å². The molecule has 2 unspecified atom stereocenters. The zero-order valence-corrected chi connectivity index (χ0v) is 29.2. The molecule has 0 aliphatic carbocycles. The Morgan fingerprint density at radius 3 is 2.20 bits per heavy atom. The highest BCUT2D eigenvalue weighted by Crippen LogP contribution is 2.67. The summed E-state index contributed by atoms with van der Waals surface area (Å²) in [5, 5.41) is 11.3. The number of likely N-dealkylation sites (tertiary alicyclic amines) is 1. The number of aliphatic hydroxyl groups excluding tert-OH is 1. The third-order valence-corrected chi connectivity index (χ3v) is 12.1. The number of hydrogen-bond acceptors (Lipinski definition) is 6. The number of nitrogens with zero attached hydrogens (tertiary/aromatic N) is 3. The minimum absolute atomic E-state index is 0.140.